The number of rotatable bonds is 5. The van der Waals surface area contributed by atoms with Crippen LogP contribution >= 0.6 is 11.8 Å². The zero-order valence-corrected chi connectivity index (χ0v) is 14.0. The van der Waals surface area contributed by atoms with Gasteiger partial charge < -0.3 is 25.3 Å². The Bertz CT molecular complexity index is 678. The Kier molecular flexibility index (Phi) is 4.77. The summed E-state index contributed by atoms with van der Waals surface area (Å²) >= 11 is 1.72. The molecule has 0 spiro atoms. The summed E-state index contributed by atoms with van der Waals surface area (Å²) in [7, 11) is 0. The van der Waals surface area contributed by atoms with Gasteiger partial charge in [-0.15, -0.1) is 0 Å². The molecule has 0 saturated carbocycles. The Balaban J connectivity index is 1.78. The maximum atomic E-state index is 10.4. The predicted octanol–water partition coefficient (Wildman–Crippen LogP) is 1.02. The second-order valence-electron chi connectivity index (χ2n) is 6.19. The van der Waals surface area contributed by atoms with E-state index < -0.39 is 24.5 Å². The van der Waals surface area contributed by atoms with Crippen LogP contribution in [0, 0.1) is 5.92 Å². The summed E-state index contributed by atoms with van der Waals surface area (Å²) in [4.78, 5) is 8.23. The van der Waals surface area contributed by atoms with Crippen molar-refractivity contribution in [1.29, 1.82) is 0 Å². The Hall–Kier alpha value is -1.35. The fourth-order valence-electron chi connectivity index (χ4n) is 2.70. The number of anilines is 1. The highest BCUT2D eigenvalue weighted by molar-refractivity contribution is 7.99. The molecule has 2 aromatic rings. The van der Waals surface area contributed by atoms with Crippen LogP contribution in [0.5, 0.6) is 0 Å². The lowest BCUT2D eigenvalue weighted by molar-refractivity contribution is -0.0285. The summed E-state index contributed by atoms with van der Waals surface area (Å²) in [6.45, 7) is 4.29. The van der Waals surface area contributed by atoms with E-state index in [0.717, 1.165) is 11.3 Å². The fraction of sp³-hybridized carbons (Fsp3) is 0.600. The highest BCUT2D eigenvalue weighted by Gasteiger charge is 2.43. The first-order valence-electron chi connectivity index (χ1n) is 7.65. The van der Waals surface area contributed by atoms with Gasteiger partial charge >= 0.3 is 0 Å². The average Bonchev–Trinajstić information content (AvgIpc) is 3.04. The third kappa shape index (κ3) is 3.16. The van der Waals surface area contributed by atoms with E-state index in [-0.39, 0.29) is 0 Å². The molecule has 0 unspecified atom stereocenters. The molecule has 3 rings (SSSR count). The summed E-state index contributed by atoms with van der Waals surface area (Å²) in [6.07, 6.45) is 0.135. The van der Waals surface area contributed by atoms with Gasteiger partial charge in [-0.25, -0.2) is 9.97 Å². The number of imidazole rings is 1. The minimum Gasteiger partial charge on any atom is -0.387 e. The van der Waals surface area contributed by atoms with E-state index in [9.17, 15) is 10.2 Å². The third-order valence-corrected chi connectivity index (χ3v) is 5.33. The molecule has 1 saturated heterocycles. The molecule has 0 amide bonds. The molecule has 0 bridgehead atoms. The molecule has 23 heavy (non-hydrogen) atoms. The van der Waals surface area contributed by atoms with E-state index in [2.05, 4.69) is 23.8 Å². The molecule has 7 nitrogen and oxygen atoms in total. The number of thioether (sulfide) groups is 1. The number of nitrogens with two attached hydrogens (primary N) is 1. The predicted molar refractivity (Wildman–Crippen MR) is 90.0 cm³/mol. The number of aromatic nitrogens is 3. The van der Waals surface area contributed by atoms with E-state index in [0.29, 0.717) is 23.0 Å². The summed E-state index contributed by atoms with van der Waals surface area (Å²) in [5.41, 5.74) is 7.10. The first kappa shape index (κ1) is 16.5. The number of nitrogens with zero attached hydrogens (tertiary/aromatic N) is 3. The van der Waals surface area contributed by atoms with Crippen LogP contribution in [-0.2, 0) is 4.74 Å². The summed E-state index contributed by atoms with van der Waals surface area (Å²) in [5.74, 6) is 2.54. The van der Waals surface area contributed by atoms with Gasteiger partial charge in [0.25, 0.3) is 0 Å². The van der Waals surface area contributed by atoms with Gasteiger partial charge in [0.15, 0.2) is 12.0 Å². The summed E-state index contributed by atoms with van der Waals surface area (Å²) in [5, 5.41) is 20.6. The lowest BCUT2D eigenvalue weighted by Crippen LogP contribution is -2.32. The number of hydrogen-bond donors (Lipinski definition) is 3. The van der Waals surface area contributed by atoms with Crippen LogP contribution in [-0.4, -0.2) is 54.6 Å². The minimum atomic E-state index is -1.01. The van der Waals surface area contributed by atoms with E-state index in [1.54, 1.807) is 34.9 Å². The SMILES string of the molecule is CC(C)CSC[C@@H]1O[C@@H](n2cnc3c(N)nccc32)[C@@H](O)[C@H]1O. The summed E-state index contributed by atoms with van der Waals surface area (Å²) in [6, 6.07) is 1.77. The molecule has 4 N–H and O–H groups in total. The van der Waals surface area contributed by atoms with Gasteiger partial charge in [-0.1, -0.05) is 13.8 Å². The van der Waals surface area contributed by atoms with Gasteiger partial charge in [0, 0.05) is 11.9 Å². The van der Waals surface area contributed by atoms with Crippen molar-refractivity contribution in [2.75, 3.05) is 17.2 Å². The Morgan fingerprint density at radius 2 is 2.13 bits per heavy atom. The first-order chi connectivity index (χ1) is 11.0. The van der Waals surface area contributed by atoms with E-state index in [4.69, 9.17) is 10.5 Å². The van der Waals surface area contributed by atoms with Crippen molar-refractivity contribution in [3.05, 3.63) is 18.6 Å². The number of hydrogen-bond acceptors (Lipinski definition) is 7. The second kappa shape index (κ2) is 6.64. The monoisotopic (exact) mass is 338 g/mol. The zero-order chi connectivity index (χ0) is 16.6. The zero-order valence-electron chi connectivity index (χ0n) is 13.2. The van der Waals surface area contributed by atoms with E-state index in [1.165, 1.54) is 0 Å². The fourth-order valence-corrected chi connectivity index (χ4v) is 3.82. The third-order valence-electron chi connectivity index (χ3n) is 3.87. The van der Waals surface area contributed by atoms with Crippen LogP contribution in [0.2, 0.25) is 0 Å². The maximum Gasteiger partial charge on any atom is 0.164 e. The van der Waals surface area contributed by atoms with Crippen LogP contribution < -0.4 is 5.73 Å². The molecule has 0 aromatic carbocycles. The van der Waals surface area contributed by atoms with Crippen LogP contribution in [0.3, 0.4) is 0 Å². The van der Waals surface area contributed by atoms with Crippen LogP contribution in [0.25, 0.3) is 11.0 Å². The van der Waals surface area contributed by atoms with Crippen molar-refractivity contribution in [1.82, 2.24) is 14.5 Å². The molecule has 0 aliphatic carbocycles. The highest BCUT2D eigenvalue weighted by atomic mass is 32.2. The highest BCUT2D eigenvalue weighted by Crippen LogP contribution is 2.33. The van der Waals surface area contributed by atoms with E-state index in [1.807, 2.05) is 0 Å². The number of fused-ring (bicyclic) bond motifs is 1. The van der Waals surface area contributed by atoms with Crippen molar-refractivity contribution >= 4 is 28.6 Å². The average molecular weight is 338 g/mol. The molecule has 1 fully saturated rings. The Labute approximate surface area is 138 Å². The molecule has 3 heterocycles. The molecular formula is C15H22N4O3S. The summed E-state index contributed by atoms with van der Waals surface area (Å²) < 4.78 is 7.60. The van der Waals surface area contributed by atoms with Crippen LogP contribution in [0.15, 0.2) is 18.6 Å². The smallest absolute Gasteiger partial charge is 0.164 e. The molecule has 8 heteroatoms. The van der Waals surface area contributed by atoms with Gasteiger partial charge in [0.05, 0.1) is 17.9 Å². The Morgan fingerprint density at radius 3 is 2.87 bits per heavy atom. The first-order valence-corrected chi connectivity index (χ1v) is 8.81. The largest absolute Gasteiger partial charge is 0.387 e. The van der Waals surface area contributed by atoms with Crippen molar-refractivity contribution in [3.8, 4) is 0 Å². The van der Waals surface area contributed by atoms with Crippen molar-refractivity contribution in [3.63, 3.8) is 0 Å². The molecule has 2 aromatic heterocycles. The molecule has 0 radical (unpaired) electrons. The van der Waals surface area contributed by atoms with Gasteiger partial charge in [0.1, 0.15) is 17.7 Å². The van der Waals surface area contributed by atoms with Gasteiger partial charge in [-0.2, -0.15) is 11.8 Å². The van der Waals surface area contributed by atoms with Crippen molar-refractivity contribution in [2.45, 2.75) is 38.4 Å². The van der Waals surface area contributed by atoms with Crippen molar-refractivity contribution < 1.29 is 14.9 Å². The maximum absolute atomic E-state index is 10.4. The Morgan fingerprint density at radius 1 is 1.35 bits per heavy atom. The number of aliphatic hydroxyl groups is 2. The van der Waals surface area contributed by atoms with Crippen molar-refractivity contribution in [2.24, 2.45) is 5.92 Å². The molecular weight excluding hydrogens is 316 g/mol. The lowest BCUT2D eigenvalue weighted by Gasteiger charge is -2.17. The molecule has 126 valence electrons. The number of pyridine rings is 1. The van der Waals surface area contributed by atoms with Gasteiger partial charge in [-0.3, -0.25) is 0 Å². The normalized spacial score (nSPS) is 28.0. The number of aliphatic hydroxyl groups excluding tert-OH is 2. The molecule has 1 aliphatic heterocycles. The quantitative estimate of drug-likeness (QED) is 0.747. The second-order valence-corrected chi connectivity index (χ2v) is 7.27. The standard InChI is InChI=1S/C15H22N4O3S/c1-8(2)5-23-6-10-12(20)13(21)15(22-10)19-7-18-11-9(19)3-4-17-14(11)16/h3-4,7-8,10,12-13,15,20-21H,5-6H2,1-2H3,(H2,16,17)/t10-,12-,13-,15+/m0/s1. The lowest BCUT2D eigenvalue weighted by atomic mass is 10.1. The minimum absolute atomic E-state index is 0.332. The van der Waals surface area contributed by atoms with Crippen LogP contribution in [0.1, 0.15) is 20.1 Å². The van der Waals surface area contributed by atoms with Crippen LogP contribution in [0.4, 0.5) is 5.82 Å². The topological polar surface area (TPSA) is 106 Å². The van der Waals surface area contributed by atoms with Gasteiger partial charge in [0.2, 0.25) is 0 Å². The van der Waals surface area contributed by atoms with Gasteiger partial charge in [-0.05, 0) is 17.7 Å². The molecule has 4 atom stereocenters. The number of ether oxygens (including phenoxy) is 1. The molecule has 1 aliphatic rings. The van der Waals surface area contributed by atoms with E-state index >= 15 is 0 Å². The number of nitrogen functional groups attached to an aromatic ring is 1.